The monoisotopic (exact) mass is 337 g/mol. The number of benzene rings is 1. The lowest BCUT2D eigenvalue weighted by Crippen LogP contribution is -2.40. The van der Waals surface area contributed by atoms with Gasteiger partial charge >= 0.3 is 0 Å². The zero-order chi connectivity index (χ0) is 17.8. The van der Waals surface area contributed by atoms with Crippen molar-refractivity contribution in [2.45, 2.75) is 12.8 Å². The largest absolute Gasteiger partial charge is 0.362 e. The maximum Gasteiger partial charge on any atom is 0.257 e. The Hall–Kier alpha value is -2.69. The van der Waals surface area contributed by atoms with Crippen molar-refractivity contribution >= 4 is 17.5 Å². The van der Waals surface area contributed by atoms with Gasteiger partial charge < -0.3 is 9.80 Å². The number of pyridine rings is 1. The molecule has 0 aliphatic carbocycles. The van der Waals surface area contributed by atoms with E-state index in [1.165, 1.54) is 0 Å². The molecular weight excluding hydrogens is 314 g/mol. The molecule has 0 N–H and O–H groups in total. The first kappa shape index (κ1) is 17.1. The molecule has 0 saturated carbocycles. The standard InChI is InChI=1S/C20H23N3O2/c1-22(2)19-17(9-6-12-21-19)20(25)23-13-10-16(11-14-23)18(24)15-7-4-3-5-8-15/h3-9,12,16H,10-11,13-14H2,1-2H3. The van der Waals surface area contributed by atoms with E-state index in [0.717, 1.165) is 5.56 Å². The molecule has 1 aromatic heterocycles. The highest BCUT2D eigenvalue weighted by molar-refractivity contribution is 6.00. The third kappa shape index (κ3) is 3.71. The van der Waals surface area contributed by atoms with E-state index in [9.17, 15) is 9.59 Å². The first-order valence-electron chi connectivity index (χ1n) is 8.59. The molecule has 0 radical (unpaired) electrons. The summed E-state index contributed by atoms with van der Waals surface area (Å²) >= 11 is 0. The van der Waals surface area contributed by atoms with Crippen LogP contribution in [0.2, 0.25) is 0 Å². The predicted octanol–water partition coefficient (Wildman–Crippen LogP) is 2.88. The molecular formula is C20H23N3O2. The minimum Gasteiger partial charge on any atom is -0.362 e. The zero-order valence-corrected chi connectivity index (χ0v) is 14.7. The van der Waals surface area contributed by atoms with Crippen LogP contribution >= 0.6 is 0 Å². The third-order valence-electron chi connectivity index (χ3n) is 4.65. The highest BCUT2D eigenvalue weighted by Gasteiger charge is 2.29. The van der Waals surface area contributed by atoms with Crippen molar-refractivity contribution in [3.63, 3.8) is 0 Å². The van der Waals surface area contributed by atoms with Gasteiger partial charge in [-0.15, -0.1) is 0 Å². The molecule has 0 bridgehead atoms. The van der Waals surface area contributed by atoms with Gasteiger partial charge in [0, 0.05) is 44.9 Å². The Morgan fingerprint density at radius 1 is 1.04 bits per heavy atom. The minimum absolute atomic E-state index is 0.00586. The van der Waals surface area contributed by atoms with E-state index in [0.29, 0.717) is 37.3 Å². The van der Waals surface area contributed by atoms with Crippen LogP contribution in [0.1, 0.15) is 33.6 Å². The van der Waals surface area contributed by atoms with Crippen molar-refractivity contribution in [1.82, 2.24) is 9.88 Å². The number of hydrogen-bond donors (Lipinski definition) is 0. The van der Waals surface area contributed by atoms with Gasteiger partial charge in [0.2, 0.25) is 0 Å². The number of anilines is 1. The van der Waals surface area contributed by atoms with Gasteiger partial charge in [-0.1, -0.05) is 30.3 Å². The van der Waals surface area contributed by atoms with E-state index in [-0.39, 0.29) is 17.6 Å². The molecule has 2 heterocycles. The highest BCUT2D eigenvalue weighted by atomic mass is 16.2. The molecule has 0 atom stereocenters. The van der Waals surface area contributed by atoms with Gasteiger partial charge in [-0.3, -0.25) is 9.59 Å². The Balaban J connectivity index is 1.67. The van der Waals surface area contributed by atoms with Crippen molar-refractivity contribution in [1.29, 1.82) is 0 Å². The summed E-state index contributed by atoms with van der Waals surface area (Å²) in [5.41, 5.74) is 1.37. The molecule has 2 aromatic rings. The van der Waals surface area contributed by atoms with Crippen LogP contribution in [0.25, 0.3) is 0 Å². The van der Waals surface area contributed by atoms with Crippen LogP contribution in [-0.2, 0) is 0 Å². The van der Waals surface area contributed by atoms with Gasteiger partial charge in [0.1, 0.15) is 5.82 Å². The Morgan fingerprint density at radius 3 is 2.36 bits per heavy atom. The molecule has 1 saturated heterocycles. The number of piperidine rings is 1. The van der Waals surface area contributed by atoms with Crippen LogP contribution in [-0.4, -0.2) is 48.8 Å². The Labute approximate surface area is 148 Å². The van der Waals surface area contributed by atoms with Crippen molar-refractivity contribution in [2.75, 3.05) is 32.1 Å². The number of amides is 1. The first-order valence-corrected chi connectivity index (χ1v) is 8.59. The topological polar surface area (TPSA) is 53.5 Å². The Bertz CT molecular complexity index is 751. The van der Waals surface area contributed by atoms with Gasteiger partial charge in [0.05, 0.1) is 5.56 Å². The molecule has 1 aromatic carbocycles. The fraction of sp³-hybridized carbons (Fsp3) is 0.350. The van der Waals surface area contributed by atoms with E-state index in [4.69, 9.17) is 0 Å². The third-order valence-corrected chi connectivity index (χ3v) is 4.65. The average molecular weight is 337 g/mol. The number of nitrogens with zero attached hydrogens (tertiary/aromatic N) is 3. The highest BCUT2D eigenvalue weighted by Crippen LogP contribution is 2.24. The van der Waals surface area contributed by atoms with Gasteiger partial charge in [0.25, 0.3) is 5.91 Å². The van der Waals surface area contributed by atoms with Crippen LogP contribution in [0.4, 0.5) is 5.82 Å². The summed E-state index contributed by atoms with van der Waals surface area (Å²) in [4.78, 5) is 33.4. The van der Waals surface area contributed by atoms with Gasteiger partial charge in [-0.2, -0.15) is 0 Å². The molecule has 0 unspecified atom stereocenters. The van der Waals surface area contributed by atoms with Crippen molar-refractivity contribution in [3.05, 3.63) is 59.8 Å². The molecule has 5 heteroatoms. The first-order chi connectivity index (χ1) is 12.1. The van der Waals surface area contributed by atoms with Crippen molar-refractivity contribution in [2.24, 2.45) is 5.92 Å². The number of hydrogen-bond acceptors (Lipinski definition) is 4. The number of carbonyl (C=O) groups excluding carboxylic acids is 2. The van der Waals surface area contributed by atoms with Crippen LogP contribution in [0.15, 0.2) is 48.7 Å². The summed E-state index contributed by atoms with van der Waals surface area (Å²) in [6, 6.07) is 13.0. The van der Waals surface area contributed by atoms with E-state index in [2.05, 4.69) is 4.98 Å². The van der Waals surface area contributed by atoms with E-state index in [1.807, 2.05) is 60.3 Å². The summed E-state index contributed by atoms with van der Waals surface area (Å²) in [6.45, 7) is 1.20. The number of aromatic nitrogens is 1. The van der Waals surface area contributed by atoms with Crippen LogP contribution in [0.3, 0.4) is 0 Å². The Kier molecular flexibility index (Phi) is 5.12. The van der Waals surface area contributed by atoms with E-state index in [1.54, 1.807) is 12.3 Å². The molecule has 0 spiro atoms. The molecule has 25 heavy (non-hydrogen) atoms. The lowest BCUT2D eigenvalue weighted by molar-refractivity contribution is 0.0650. The van der Waals surface area contributed by atoms with Gasteiger partial charge in [-0.05, 0) is 25.0 Å². The quantitative estimate of drug-likeness (QED) is 0.805. The molecule has 1 aliphatic rings. The number of likely N-dealkylation sites (tertiary alicyclic amines) is 1. The smallest absolute Gasteiger partial charge is 0.257 e. The van der Waals surface area contributed by atoms with Crippen LogP contribution < -0.4 is 4.90 Å². The summed E-state index contributed by atoms with van der Waals surface area (Å²) in [6.07, 6.45) is 3.10. The summed E-state index contributed by atoms with van der Waals surface area (Å²) < 4.78 is 0. The fourth-order valence-electron chi connectivity index (χ4n) is 3.27. The average Bonchev–Trinajstić information content (AvgIpc) is 2.67. The number of rotatable bonds is 4. The second-order valence-electron chi connectivity index (χ2n) is 6.57. The molecule has 130 valence electrons. The number of carbonyl (C=O) groups is 2. The fourth-order valence-corrected chi connectivity index (χ4v) is 3.27. The van der Waals surface area contributed by atoms with Crippen molar-refractivity contribution < 1.29 is 9.59 Å². The van der Waals surface area contributed by atoms with Gasteiger partial charge in [0.15, 0.2) is 5.78 Å². The number of Topliss-reactive ketones (excluding diaryl/α,β-unsaturated/α-hetero) is 1. The molecule has 1 fully saturated rings. The van der Waals surface area contributed by atoms with Crippen molar-refractivity contribution in [3.8, 4) is 0 Å². The summed E-state index contributed by atoms with van der Waals surface area (Å²) in [5, 5.41) is 0. The van der Waals surface area contributed by atoms with E-state index < -0.39 is 0 Å². The maximum atomic E-state index is 12.8. The summed E-state index contributed by atoms with van der Waals surface area (Å²) in [7, 11) is 3.76. The van der Waals surface area contributed by atoms with E-state index >= 15 is 0 Å². The second-order valence-corrected chi connectivity index (χ2v) is 6.57. The zero-order valence-electron chi connectivity index (χ0n) is 14.7. The molecule has 3 rings (SSSR count). The summed E-state index contributed by atoms with van der Waals surface area (Å²) in [5.74, 6) is 0.842. The SMILES string of the molecule is CN(C)c1ncccc1C(=O)N1CCC(C(=O)c2ccccc2)CC1. The predicted molar refractivity (Wildman–Crippen MR) is 98.0 cm³/mol. The minimum atomic E-state index is -0.0117. The maximum absolute atomic E-state index is 12.8. The normalized spacial score (nSPS) is 15.0. The molecule has 1 aliphatic heterocycles. The number of ketones is 1. The Morgan fingerprint density at radius 2 is 1.72 bits per heavy atom. The molecule has 1 amide bonds. The van der Waals surface area contributed by atoms with Crippen LogP contribution in [0.5, 0.6) is 0 Å². The lowest BCUT2D eigenvalue weighted by atomic mass is 9.88. The van der Waals surface area contributed by atoms with Gasteiger partial charge in [-0.25, -0.2) is 4.98 Å². The second kappa shape index (κ2) is 7.47. The molecule has 5 nitrogen and oxygen atoms in total. The lowest BCUT2D eigenvalue weighted by Gasteiger charge is -2.32. The van der Waals surface area contributed by atoms with Crippen LogP contribution in [0, 0.1) is 5.92 Å².